The number of nitrogens with zero attached hydrogens (tertiary/aromatic N) is 1. The molecular formula is C16H16ClNO3. The van der Waals surface area contributed by atoms with Crippen molar-refractivity contribution in [1.29, 1.82) is 0 Å². The fourth-order valence-electron chi connectivity index (χ4n) is 2.37. The minimum Gasteiger partial charge on any atom is -0.440 e. The van der Waals surface area contributed by atoms with Crippen molar-refractivity contribution < 1.29 is 9.15 Å². The third-order valence-corrected chi connectivity index (χ3v) is 3.84. The van der Waals surface area contributed by atoms with Gasteiger partial charge >= 0.3 is 0 Å². The van der Waals surface area contributed by atoms with Gasteiger partial charge in [0.25, 0.3) is 0 Å². The van der Waals surface area contributed by atoms with E-state index in [9.17, 15) is 4.79 Å². The van der Waals surface area contributed by atoms with Crippen molar-refractivity contribution in [2.24, 2.45) is 0 Å². The maximum Gasteiger partial charge on any atom is 0.203 e. The van der Waals surface area contributed by atoms with Crippen LogP contribution in [0.25, 0.3) is 11.3 Å². The summed E-state index contributed by atoms with van der Waals surface area (Å²) in [5, 5.41) is 0.654. The lowest BCUT2D eigenvalue weighted by molar-refractivity contribution is 0.120. The van der Waals surface area contributed by atoms with Crippen molar-refractivity contribution in [2.75, 3.05) is 31.2 Å². The first-order valence-corrected chi connectivity index (χ1v) is 7.26. The zero-order valence-electron chi connectivity index (χ0n) is 11.8. The van der Waals surface area contributed by atoms with Gasteiger partial charge in [-0.3, -0.25) is 4.79 Å². The highest BCUT2D eigenvalue weighted by Gasteiger charge is 2.18. The number of halogens is 1. The van der Waals surface area contributed by atoms with Gasteiger partial charge < -0.3 is 14.1 Å². The first-order valence-electron chi connectivity index (χ1n) is 6.88. The maximum atomic E-state index is 12.2. The van der Waals surface area contributed by atoms with E-state index in [1.54, 1.807) is 19.1 Å². The van der Waals surface area contributed by atoms with Crippen LogP contribution in [0.5, 0.6) is 0 Å². The highest BCUT2D eigenvalue weighted by molar-refractivity contribution is 6.30. The van der Waals surface area contributed by atoms with Crippen LogP contribution in [-0.2, 0) is 4.74 Å². The fraction of sp³-hybridized carbons (Fsp3) is 0.312. The molecule has 1 saturated heterocycles. The van der Waals surface area contributed by atoms with Crippen molar-refractivity contribution in [1.82, 2.24) is 0 Å². The van der Waals surface area contributed by atoms with E-state index < -0.39 is 0 Å². The van der Waals surface area contributed by atoms with E-state index in [0.717, 1.165) is 18.7 Å². The van der Waals surface area contributed by atoms with Crippen LogP contribution in [-0.4, -0.2) is 26.3 Å². The van der Waals surface area contributed by atoms with Crippen molar-refractivity contribution in [2.45, 2.75) is 6.92 Å². The molecule has 1 aliphatic rings. The first kappa shape index (κ1) is 14.2. The second-order valence-electron chi connectivity index (χ2n) is 5.01. The molecule has 0 atom stereocenters. The van der Waals surface area contributed by atoms with E-state index in [1.165, 1.54) is 6.07 Å². The summed E-state index contributed by atoms with van der Waals surface area (Å²) in [6.45, 7) is 4.55. The normalized spacial score (nSPS) is 15.2. The van der Waals surface area contributed by atoms with Gasteiger partial charge in [0.15, 0.2) is 5.43 Å². The van der Waals surface area contributed by atoms with Gasteiger partial charge in [-0.1, -0.05) is 11.6 Å². The lowest BCUT2D eigenvalue weighted by Gasteiger charge is -2.28. The molecule has 0 radical (unpaired) electrons. The third kappa shape index (κ3) is 2.96. The van der Waals surface area contributed by atoms with E-state index in [0.29, 0.717) is 35.4 Å². The Morgan fingerprint density at radius 3 is 2.48 bits per heavy atom. The van der Waals surface area contributed by atoms with Crippen molar-refractivity contribution in [3.8, 4) is 11.3 Å². The largest absolute Gasteiger partial charge is 0.440 e. The molecule has 0 saturated carbocycles. The molecule has 5 heteroatoms. The molecule has 21 heavy (non-hydrogen) atoms. The van der Waals surface area contributed by atoms with Gasteiger partial charge in [0.05, 0.1) is 18.8 Å². The molecule has 1 aromatic carbocycles. The van der Waals surface area contributed by atoms with E-state index in [1.807, 2.05) is 12.1 Å². The Kier molecular flexibility index (Phi) is 3.99. The summed E-state index contributed by atoms with van der Waals surface area (Å²) in [5.74, 6) is 1.19. The Morgan fingerprint density at radius 1 is 1.14 bits per heavy atom. The Bertz CT molecular complexity index is 688. The van der Waals surface area contributed by atoms with Crippen LogP contribution in [0.3, 0.4) is 0 Å². The monoisotopic (exact) mass is 305 g/mol. The fourth-order valence-corrected chi connectivity index (χ4v) is 2.49. The van der Waals surface area contributed by atoms with Gasteiger partial charge in [-0.2, -0.15) is 0 Å². The number of benzene rings is 1. The summed E-state index contributed by atoms with van der Waals surface area (Å²) in [6, 6.07) is 8.79. The molecular weight excluding hydrogens is 290 g/mol. The molecule has 1 aromatic heterocycles. The molecule has 2 heterocycles. The topological polar surface area (TPSA) is 42.7 Å². The van der Waals surface area contributed by atoms with E-state index in [4.69, 9.17) is 20.8 Å². The van der Waals surface area contributed by atoms with Crippen LogP contribution in [0.1, 0.15) is 5.56 Å². The molecule has 4 nitrogen and oxygen atoms in total. The Hall–Kier alpha value is -1.78. The molecule has 2 aromatic rings. The van der Waals surface area contributed by atoms with Crippen LogP contribution in [0.15, 0.2) is 39.5 Å². The highest BCUT2D eigenvalue weighted by Crippen LogP contribution is 2.27. The van der Waals surface area contributed by atoms with Gasteiger partial charge in [-0.05, 0) is 31.2 Å². The quantitative estimate of drug-likeness (QED) is 0.855. The average molecular weight is 306 g/mol. The molecule has 0 spiro atoms. The molecule has 110 valence electrons. The van der Waals surface area contributed by atoms with Crippen molar-refractivity contribution in [3.63, 3.8) is 0 Å². The summed E-state index contributed by atoms with van der Waals surface area (Å²) in [5.41, 5.74) is 1.45. The molecule has 1 aliphatic heterocycles. The van der Waals surface area contributed by atoms with Crippen LogP contribution in [0, 0.1) is 6.92 Å². The molecule has 0 bridgehead atoms. The predicted octanol–water partition coefficient (Wildman–Crippen LogP) is 3.11. The smallest absolute Gasteiger partial charge is 0.203 e. The standard InChI is InChI=1S/C16H16ClNO3/c1-11-14(19)10-15(12-2-4-13(17)5-3-12)21-16(11)18-6-8-20-9-7-18/h2-5,10H,6-9H2,1H3. The molecule has 3 rings (SSSR count). The van der Waals surface area contributed by atoms with E-state index in [2.05, 4.69) is 4.90 Å². The van der Waals surface area contributed by atoms with E-state index >= 15 is 0 Å². The van der Waals surface area contributed by atoms with Crippen LogP contribution in [0.2, 0.25) is 5.02 Å². The Balaban J connectivity index is 2.04. The van der Waals surface area contributed by atoms with Crippen LogP contribution in [0.4, 0.5) is 5.88 Å². The minimum atomic E-state index is -0.0207. The van der Waals surface area contributed by atoms with Gasteiger partial charge in [-0.15, -0.1) is 0 Å². The number of rotatable bonds is 2. The van der Waals surface area contributed by atoms with Crippen LogP contribution < -0.4 is 10.3 Å². The first-order chi connectivity index (χ1) is 10.1. The second-order valence-corrected chi connectivity index (χ2v) is 5.45. The van der Waals surface area contributed by atoms with Crippen molar-refractivity contribution >= 4 is 17.5 Å². The maximum absolute atomic E-state index is 12.2. The van der Waals surface area contributed by atoms with E-state index in [-0.39, 0.29) is 5.43 Å². The van der Waals surface area contributed by atoms with Gasteiger partial charge in [-0.25, -0.2) is 0 Å². The van der Waals surface area contributed by atoms with Crippen molar-refractivity contribution in [3.05, 3.63) is 51.1 Å². The molecule has 0 amide bonds. The average Bonchev–Trinajstić information content (AvgIpc) is 2.51. The second kappa shape index (κ2) is 5.92. The third-order valence-electron chi connectivity index (χ3n) is 3.59. The minimum absolute atomic E-state index is 0.0207. The van der Waals surface area contributed by atoms with Gasteiger partial charge in [0, 0.05) is 29.7 Å². The lowest BCUT2D eigenvalue weighted by atomic mass is 10.1. The summed E-state index contributed by atoms with van der Waals surface area (Å²) < 4.78 is 11.3. The summed E-state index contributed by atoms with van der Waals surface area (Å²) in [7, 11) is 0. The molecule has 0 aliphatic carbocycles. The number of hydrogen-bond acceptors (Lipinski definition) is 4. The Labute approximate surface area is 127 Å². The number of hydrogen-bond donors (Lipinski definition) is 0. The predicted molar refractivity (Wildman–Crippen MR) is 83.2 cm³/mol. The molecule has 0 N–H and O–H groups in total. The summed E-state index contributed by atoms with van der Waals surface area (Å²) >= 11 is 5.89. The number of morpholine rings is 1. The highest BCUT2D eigenvalue weighted by atomic mass is 35.5. The summed E-state index contributed by atoms with van der Waals surface area (Å²) in [4.78, 5) is 14.3. The zero-order valence-corrected chi connectivity index (χ0v) is 12.5. The van der Waals surface area contributed by atoms with Gasteiger partial charge in [0.1, 0.15) is 5.76 Å². The van der Waals surface area contributed by atoms with Gasteiger partial charge in [0.2, 0.25) is 5.88 Å². The van der Waals surface area contributed by atoms with Crippen LogP contribution >= 0.6 is 11.6 Å². The zero-order chi connectivity index (χ0) is 14.8. The Morgan fingerprint density at radius 2 is 1.81 bits per heavy atom. The lowest BCUT2D eigenvalue weighted by Crippen LogP contribution is -2.37. The number of ether oxygens (including phenoxy) is 1. The SMILES string of the molecule is Cc1c(N2CCOCC2)oc(-c2ccc(Cl)cc2)cc1=O. The molecule has 0 unspecified atom stereocenters. The molecule has 1 fully saturated rings. The number of anilines is 1. The summed E-state index contributed by atoms with van der Waals surface area (Å²) in [6.07, 6.45) is 0.